The third-order valence-electron chi connectivity index (χ3n) is 12.6. The number of rotatable bonds is 12. The highest BCUT2D eigenvalue weighted by Gasteiger charge is 2.47. The van der Waals surface area contributed by atoms with Crippen LogP contribution in [0.3, 0.4) is 0 Å². The van der Waals surface area contributed by atoms with Gasteiger partial charge in [0.1, 0.15) is 21.3 Å². The molecule has 70 heavy (non-hydrogen) atoms. The number of carbonyl (C=O) groups is 3. The predicted octanol–water partition coefficient (Wildman–Crippen LogP) is 12.5. The summed E-state index contributed by atoms with van der Waals surface area (Å²) in [5.41, 5.74) is 2.76. The first-order valence-corrected chi connectivity index (χ1v) is 27.2. The average molecular weight is 1090 g/mol. The minimum atomic E-state index is -1.19. The van der Waals surface area contributed by atoms with E-state index in [2.05, 4.69) is 20.4 Å². The molecule has 11 nitrogen and oxygen atoms in total. The summed E-state index contributed by atoms with van der Waals surface area (Å²) in [5, 5.41) is 15.4. The summed E-state index contributed by atoms with van der Waals surface area (Å²) in [6, 6.07) is 30.1. The maximum atomic E-state index is 14.8. The smallest absolute Gasteiger partial charge is 0.398 e. The van der Waals surface area contributed by atoms with E-state index in [4.69, 9.17) is 65.4 Å². The molecule has 2 amide bonds. The second-order valence-electron chi connectivity index (χ2n) is 16.7. The number of nitrogens with one attached hydrogen (secondary N) is 2. The number of halogens is 4. The van der Waals surface area contributed by atoms with E-state index < -0.39 is 29.0 Å². The molecule has 360 valence electrons. The zero-order valence-electron chi connectivity index (χ0n) is 37.0. The van der Waals surface area contributed by atoms with E-state index in [0.29, 0.717) is 36.2 Å². The molecule has 0 radical (unpaired) electrons. The quantitative estimate of drug-likeness (QED) is 0.114. The van der Waals surface area contributed by atoms with Gasteiger partial charge in [-0.15, -0.1) is 0 Å². The van der Waals surface area contributed by atoms with Gasteiger partial charge in [-0.2, -0.15) is 22.7 Å². The second-order valence-corrected chi connectivity index (χ2v) is 21.9. The summed E-state index contributed by atoms with van der Waals surface area (Å²) in [6.07, 6.45) is -1.17. The van der Waals surface area contributed by atoms with Crippen LogP contribution in [0.1, 0.15) is 35.1 Å². The summed E-state index contributed by atoms with van der Waals surface area (Å²) in [6.45, 7) is 5.52. The molecular formula is C51H42Cl4N4O7S4. The minimum absolute atomic E-state index is 0.00438. The minimum Gasteiger partial charge on any atom is -0.398 e. The van der Waals surface area contributed by atoms with Crippen LogP contribution in [0.15, 0.2) is 150 Å². The number of nitrogens with zero attached hydrogens (tertiary/aromatic N) is 2. The Kier molecular flexibility index (Phi) is 14.8. The number of benzene rings is 4. The van der Waals surface area contributed by atoms with E-state index in [-0.39, 0.29) is 54.3 Å². The largest absolute Gasteiger partial charge is 0.518 e. The number of hydrogen-bond donors (Lipinski definition) is 2. The molecule has 2 N–H and O–H groups in total. The molecule has 2 unspecified atom stereocenters. The SMILES string of the molecule is O=C(OC1=C(Sc2cccc(Cl)c2Cl)C(=O)NC(c2ccc(N3CCOCC3)cc2)(c2ccsc2)C1)OC1=C(Sc2cccc(Cl)c2Cl)C(=O)NC(c2ccc(N3CCOCC3)cc2)(c2ccsc2)C1. The Balaban J connectivity index is 1.05. The first kappa shape index (κ1) is 49.0. The van der Waals surface area contributed by atoms with Crippen molar-refractivity contribution >= 4 is 122 Å². The monoisotopic (exact) mass is 1090 g/mol. The van der Waals surface area contributed by atoms with Gasteiger partial charge in [-0.1, -0.05) is 106 Å². The van der Waals surface area contributed by atoms with Gasteiger partial charge in [-0.3, -0.25) is 9.59 Å². The molecular weight excluding hydrogens is 1050 g/mol. The van der Waals surface area contributed by atoms with E-state index in [0.717, 1.165) is 83.3 Å². The van der Waals surface area contributed by atoms with Crippen molar-refractivity contribution < 1.29 is 33.3 Å². The Labute approximate surface area is 441 Å². The third kappa shape index (κ3) is 9.95. The van der Waals surface area contributed by atoms with Gasteiger partial charge in [0.2, 0.25) is 0 Å². The number of hydrogen-bond acceptors (Lipinski definition) is 13. The number of morpholine rings is 2. The molecule has 19 heteroatoms. The van der Waals surface area contributed by atoms with Crippen molar-refractivity contribution in [3.05, 3.63) is 182 Å². The summed E-state index contributed by atoms with van der Waals surface area (Å²) < 4.78 is 23.9. The lowest BCUT2D eigenvalue weighted by molar-refractivity contribution is -0.120. The van der Waals surface area contributed by atoms with E-state index in [1.807, 2.05) is 82.2 Å². The van der Waals surface area contributed by atoms with Crippen LogP contribution in [0.2, 0.25) is 20.1 Å². The summed E-state index contributed by atoms with van der Waals surface area (Å²) >= 11 is 31.4. The van der Waals surface area contributed by atoms with E-state index in [9.17, 15) is 14.4 Å². The normalized spacial score (nSPS) is 20.9. The molecule has 4 aromatic carbocycles. The van der Waals surface area contributed by atoms with Crippen molar-refractivity contribution in [1.82, 2.24) is 10.6 Å². The van der Waals surface area contributed by atoms with E-state index >= 15 is 0 Å². The fourth-order valence-electron chi connectivity index (χ4n) is 9.03. The molecule has 0 saturated carbocycles. The lowest BCUT2D eigenvalue weighted by atomic mass is 9.79. The first-order valence-electron chi connectivity index (χ1n) is 22.2. The van der Waals surface area contributed by atoms with Crippen LogP contribution >= 0.6 is 92.6 Å². The Morgan fingerprint density at radius 1 is 0.557 bits per heavy atom. The number of ether oxygens (including phenoxy) is 4. The zero-order chi connectivity index (χ0) is 48.4. The average Bonchev–Trinajstić information content (AvgIpc) is 4.14. The molecule has 0 aliphatic carbocycles. The van der Waals surface area contributed by atoms with Crippen molar-refractivity contribution in [3.63, 3.8) is 0 Å². The van der Waals surface area contributed by atoms with Gasteiger partial charge in [-0.05, 0) is 104 Å². The molecule has 2 fully saturated rings. The summed E-state index contributed by atoms with van der Waals surface area (Å²) in [7, 11) is 0. The maximum absolute atomic E-state index is 14.8. The lowest BCUT2D eigenvalue weighted by Crippen LogP contribution is -2.51. The third-order valence-corrected chi connectivity index (χ3v) is 18.2. The molecule has 0 bridgehead atoms. The first-order chi connectivity index (χ1) is 34.0. The molecule has 2 atom stereocenters. The van der Waals surface area contributed by atoms with Gasteiger partial charge in [0.05, 0.1) is 57.6 Å². The topological polar surface area (TPSA) is 119 Å². The van der Waals surface area contributed by atoms with Crippen molar-refractivity contribution in [2.45, 2.75) is 33.7 Å². The van der Waals surface area contributed by atoms with Gasteiger partial charge < -0.3 is 39.4 Å². The highest BCUT2D eigenvalue weighted by atomic mass is 35.5. The summed E-state index contributed by atoms with van der Waals surface area (Å²) in [4.78, 5) is 50.0. The van der Waals surface area contributed by atoms with Crippen molar-refractivity contribution in [2.24, 2.45) is 0 Å². The number of anilines is 2. The van der Waals surface area contributed by atoms with Crippen LogP contribution in [0.25, 0.3) is 0 Å². The highest BCUT2D eigenvalue weighted by Crippen LogP contribution is 2.49. The molecule has 2 aromatic heterocycles. The van der Waals surface area contributed by atoms with Gasteiger partial charge in [0, 0.05) is 60.2 Å². The van der Waals surface area contributed by atoms with Gasteiger partial charge >= 0.3 is 6.16 Å². The van der Waals surface area contributed by atoms with Gasteiger partial charge in [0.15, 0.2) is 0 Å². The van der Waals surface area contributed by atoms with Crippen LogP contribution in [-0.4, -0.2) is 70.6 Å². The molecule has 4 aliphatic rings. The second kappa shape index (κ2) is 21.2. The van der Waals surface area contributed by atoms with Crippen LogP contribution in [-0.2, 0) is 39.6 Å². The van der Waals surface area contributed by atoms with Crippen LogP contribution < -0.4 is 20.4 Å². The van der Waals surface area contributed by atoms with Gasteiger partial charge in [0.25, 0.3) is 11.8 Å². The van der Waals surface area contributed by atoms with Crippen LogP contribution in [0.4, 0.5) is 16.2 Å². The van der Waals surface area contributed by atoms with Gasteiger partial charge in [-0.25, -0.2) is 4.79 Å². The molecule has 6 aromatic rings. The number of thioether (sulfide) groups is 2. The standard InChI is InChI=1S/C51H42Cl4N4O7S4/c52-37-3-1-5-41(43(37)54)69-45-39(27-50(56-47(45)60,33-15-25-67-29-33)31-7-11-35(12-8-31)58-17-21-63-22-18-58)65-49(62)66-40-28-51(34-16-26-68-30-34,32-9-13-36(14-10-32)59-19-23-64-24-20-59)57-48(61)46(40)70-42-6-2-4-38(53)44(42)55/h1-16,25-26,29-30H,17-24,27-28H2,(H,56,60)(H,57,61). The Bertz CT molecular complexity index is 2780. The molecule has 2 saturated heterocycles. The molecule has 6 heterocycles. The molecule has 0 spiro atoms. The number of amides is 2. The summed E-state index contributed by atoms with van der Waals surface area (Å²) in [5.74, 6) is -0.986. The molecule has 4 aliphatic heterocycles. The van der Waals surface area contributed by atoms with Crippen molar-refractivity contribution in [3.8, 4) is 0 Å². The Morgan fingerprint density at radius 3 is 1.33 bits per heavy atom. The Morgan fingerprint density at radius 2 is 0.957 bits per heavy atom. The number of thiophene rings is 2. The fourth-order valence-corrected chi connectivity index (χ4v) is 13.3. The van der Waals surface area contributed by atoms with E-state index in [1.165, 1.54) is 22.7 Å². The maximum Gasteiger partial charge on any atom is 0.518 e. The van der Waals surface area contributed by atoms with E-state index in [1.54, 1.807) is 36.4 Å². The predicted molar refractivity (Wildman–Crippen MR) is 281 cm³/mol. The molecule has 10 rings (SSSR count). The van der Waals surface area contributed by atoms with Crippen molar-refractivity contribution in [1.29, 1.82) is 0 Å². The zero-order valence-corrected chi connectivity index (χ0v) is 43.3. The Hall–Kier alpha value is -4.65. The van der Waals surface area contributed by atoms with Crippen LogP contribution in [0.5, 0.6) is 0 Å². The van der Waals surface area contributed by atoms with Crippen LogP contribution in [0, 0.1) is 0 Å². The fraction of sp³-hybridized carbons (Fsp3) is 0.235. The number of carbonyl (C=O) groups excluding carboxylic acids is 3. The lowest BCUT2D eigenvalue weighted by Gasteiger charge is -2.40. The van der Waals surface area contributed by atoms with Crippen molar-refractivity contribution in [2.75, 3.05) is 62.4 Å². The highest BCUT2D eigenvalue weighted by molar-refractivity contribution is 8.04.